The van der Waals surface area contributed by atoms with E-state index in [0.717, 1.165) is 11.2 Å². The summed E-state index contributed by atoms with van der Waals surface area (Å²) >= 11 is 5.91. The first-order chi connectivity index (χ1) is 12.1. The first kappa shape index (κ1) is 15.6. The minimum Gasteiger partial charge on any atom is -0.380 e. The lowest BCUT2D eigenvalue weighted by Gasteiger charge is -2.13. The molecular formula is C17H15ClN6O. The second-order valence-electron chi connectivity index (χ2n) is 5.67. The number of aromatic amines is 1. The maximum atomic E-state index is 10.6. The smallest absolute Gasteiger partial charge is 0.184 e. The second kappa shape index (κ2) is 6.19. The Bertz CT molecular complexity index is 1020. The van der Waals surface area contributed by atoms with Crippen molar-refractivity contribution in [3.05, 3.63) is 70.8 Å². The van der Waals surface area contributed by atoms with Crippen LogP contribution in [0.4, 0.5) is 11.6 Å². The molecule has 3 aromatic heterocycles. The molecule has 0 bridgehead atoms. The standard InChI is InChI=1S/C17H15ClN6O/c1-10-9-14(22-21-10)19-16-13-3-2-8-24(13)23-17(20-16)15(25)11-4-6-12(18)7-5-11/h2-9,15,25H,1H3,(H2,19,20,21,22,23). The fraction of sp³-hybridized carbons (Fsp3) is 0.118. The van der Waals surface area contributed by atoms with Crippen molar-refractivity contribution in [2.45, 2.75) is 13.0 Å². The number of nitrogens with one attached hydrogen (secondary N) is 2. The summed E-state index contributed by atoms with van der Waals surface area (Å²) in [7, 11) is 0. The molecule has 0 radical (unpaired) electrons. The number of aliphatic hydroxyl groups excluding tert-OH is 1. The molecule has 126 valence electrons. The van der Waals surface area contributed by atoms with E-state index in [4.69, 9.17) is 11.6 Å². The van der Waals surface area contributed by atoms with Crippen LogP contribution in [0.2, 0.25) is 5.02 Å². The zero-order valence-corrected chi connectivity index (χ0v) is 14.1. The third-order valence-electron chi connectivity index (χ3n) is 3.79. The van der Waals surface area contributed by atoms with Gasteiger partial charge in [0.05, 0.1) is 0 Å². The van der Waals surface area contributed by atoms with Crippen LogP contribution in [0.5, 0.6) is 0 Å². The first-order valence-electron chi connectivity index (χ1n) is 7.68. The molecule has 0 saturated carbocycles. The summed E-state index contributed by atoms with van der Waals surface area (Å²) in [5.74, 6) is 1.49. The number of aliphatic hydroxyl groups is 1. The first-order valence-corrected chi connectivity index (χ1v) is 8.06. The molecular weight excluding hydrogens is 340 g/mol. The van der Waals surface area contributed by atoms with Gasteiger partial charge in [-0.2, -0.15) is 5.10 Å². The van der Waals surface area contributed by atoms with E-state index < -0.39 is 6.10 Å². The number of aryl methyl sites for hydroxylation is 1. The van der Waals surface area contributed by atoms with Crippen molar-refractivity contribution >= 4 is 28.8 Å². The summed E-state index contributed by atoms with van der Waals surface area (Å²) in [5, 5.41) is 25.8. The average molecular weight is 355 g/mol. The molecule has 8 heteroatoms. The molecule has 0 aliphatic heterocycles. The highest BCUT2D eigenvalue weighted by molar-refractivity contribution is 6.30. The molecule has 0 spiro atoms. The van der Waals surface area contributed by atoms with Crippen molar-refractivity contribution in [2.75, 3.05) is 5.32 Å². The summed E-state index contributed by atoms with van der Waals surface area (Å²) in [5.41, 5.74) is 2.38. The van der Waals surface area contributed by atoms with Gasteiger partial charge in [-0.05, 0) is 36.8 Å². The number of benzene rings is 1. The van der Waals surface area contributed by atoms with Crippen molar-refractivity contribution in [3.8, 4) is 0 Å². The Morgan fingerprint density at radius 1 is 1.24 bits per heavy atom. The number of H-pyrrole nitrogens is 1. The van der Waals surface area contributed by atoms with Crippen LogP contribution in [0.25, 0.3) is 5.52 Å². The highest BCUT2D eigenvalue weighted by atomic mass is 35.5. The van der Waals surface area contributed by atoms with Crippen LogP contribution < -0.4 is 5.32 Å². The molecule has 4 aromatic rings. The van der Waals surface area contributed by atoms with Gasteiger partial charge in [-0.1, -0.05) is 23.7 Å². The lowest BCUT2D eigenvalue weighted by molar-refractivity contribution is 0.208. The third-order valence-corrected chi connectivity index (χ3v) is 4.04. The molecule has 7 nitrogen and oxygen atoms in total. The van der Waals surface area contributed by atoms with Gasteiger partial charge >= 0.3 is 0 Å². The number of rotatable bonds is 4. The van der Waals surface area contributed by atoms with Crippen molar-refractivity contribution in [1.29, 1.82) is 0 Å². The molecule has 4 rings (SSSR count). The molecule has 3 heterocycles. The number of anilines is 2. The summed E-state index contributed by atoms with van der Waals surface area (Å²) in [4.78, 5) is 4.50. The van der Waals surface area contributed by atoms with Crippen molar-refractivity contribution in [1.82, 2.24) is 24.8 Å². The van der Waals surface area contributed by atoms with Crippen LogP contribution >= 0.6 is 11.6 Å². The van der Waals surface area contributed by atoms with E-state index in [1.165, 1.54) is 0 Å². The van der Waals surface area contributed by atoms with Crippen molar-refractivity contribution < 1.29 is 5.11 Å². The van der Waals surface area contributed by atoms with Crippen molar-refractivity contribution in [3.63, 3.8) is 0 Å². The van der Waals surface area contributed by atoms with Gasteiger partial charge in [0, 0.05) is 23.0 Å². The molecule has 0 aliphatic rings. The predicted octanol–water partition coefficient (Wildman–Crippen LogP) is 3.24. The number of fused-ring (bicyclic) bond motifs is 1. The normalized spacial score (nSPS) is 12.4. The van der Waals surface area contributed by atoms with E-state index in [2.05, 4.69) is 25.6 Å². The van der Waals surface area contributed by atoms with Crippen LogP contribution in [0, 0.1) is 6.92 Å². The molecule has 0 saturated heterocycles. The minimum atomic E-state index is -0.967. The zero-order chi connectivity index (χ0) is 17.4. The number of nitrogens with zero attached hydrogens (tertiary/aromatic N) is 4. The average Bonchev–Trinajstić information content (AvgIpc) is 3.23. The molecule has 0 amide bonds. The maximum Gasteiger partial charge on any atom is 0.184 e. The van der Waals surface area contributed by atoms with E-state index in [1.807, 2.05) is 25.1 Å². The number of halogens is 1. The Balaban J connectivity index is 1.75. The van der Waals surface area contributed by atoms with E-state index in [9.17, 15) is 5.11 Å². The lowest BCUT2D eigenvalue weighted by Crippen LogP contribution is -2.11. The second-order valence-corrected chi connectivity index (χ2v) is 6.11. The molecule has 1 unspecified atom stereocenters. The van der Waals surface area contributed by atoms with Crippen LogP contribution in [-0.2, 0) is 0 Å². The molecule has 25 heavy (non-hydrogen) atoms. The summed E-state index contributed by atoms with van der Waals surface area (Å²) in [6, 6.07) is 12.6. The van der Waals surface area contributed by atoms with Crippen LogP contribution in [0.3, 0.4) is 0 Å². The SMILES string of the molecule is Cc1cc(Nc2nc(C(O)c3ccc(Cl)cc3)nn3cccc23)n[nH]1. The Kier molecular flexibility index (Phi) is 3.87. The molecule has 1 atom stereocenters. The van der Waals surface area contributed by atoms with Gasteiger partial charge in [0.15, 0.2) is 17.5 Å². The van der Waals surface area contributed by atoms with Gasteiger partial charge in [0.1, 0.15) is 11.6 Å². The van der Waals surface area contributed by atoms with Gasteiger partial charge in [-0.3, -0.25) is 5.10 Å². The molecule has 0 fully saturated rings. The van der Waals surface area contributed by atoms with Gasteiger partial charge < -0.3 is 10.4 Å². The topological polar surface area (TPSA) is 91.1 Å². The number of hydrogen-bond donors (Lipinski definition) is 3. The maximum absolute atomic E-state index is 10.6. The quantitative estimate of drug-likeness (QED) is 0.523. The Labute approximate surface area is 148 Å². The Morgan fingerprint density at radius 2 is 2.04 bits per heavy atom. The van der Waals surface area contributed by atoms with Gasteiger partial charge in [0.25, 0.3) is 0 Å². The van der Waals surface area contributed by atoms with E-state index >= 15 is 0 Å². The van der Waals surface area contributed by atoms with Crippen LogP contribution in [0.1, 0.15) is 23.2 Å². The largest absolute Gasteiger partial charge is 0.380 e. The molecule has 0 aliphatic carbocycles. The molecule has 1 aromatic carbocycles. The Hall–Kier alpha value is -2.90. The van der Waals surface area contributed by atoms with E-state index in [1.54, 1.807) is 35.0 Å². The van der Waals surface area contributed by atoms with Gasteiger partial charge in [-0.25, -0.2) is 9.50 Å². The minimum absolute atomic E-state index is 0.279. The summed E-state index contributed by atoms with van der Waals surface area (Å²) < 4.78 is 1.67. The van der Waals surface area contributed by atoms with Crippen LogP contribution in [0.15, 0.2) is 48.7 Å². The van der Waals surface area contributed by atoms with Gasteiger partial charge in [0.2, 0.25) is 0 Å². The van der Waals surface area contributed by atoms with Crippen molar-refractivity contribution in [2.24, 2.45) is 0 Å². The lowest BCUT2D eigenvalue weighted by atomic mass is 10.1. The highest BCUT2D eigenvalue weighted by Crippen LogP contribution is 2.25. The predicted molar refractivity (Wildman–Crippen MR) is 95.1 cm³/mol. The fourth-order valence-electron chi connectivity index (χ4n) is 2.56. The zero-order valence-electron chi connectivity index (χ0n) is 13.3. The summed E-state index contributed by atoms with van der Waals surface area (Å²) in [6.45, 7) is 1.92. The van der Waals surface area contributed by atoms with E-state index in [0.29, 0.717) is 22.2 Å². The molecule has 3 N–H and O–H groups in total. The number of hydrogen-bond acceptors (Lipinski definition) is 5. The fourth-order valence-corrected chi connectivity index (χ4v) is 2.68. The highest BCUT2D eigenvalue weighted by Gasteiger charge is 2.17. The third kappa shape index (κ3) is 3.07. The van der Waals surface area contributed by atoms with Gasteiger partial charge in [-0.15, -0.1) is 5.10 Å². The summed E-state index contributed by atoms with van der Waals surface area (Å²) in [6.07, 6.45) is 0.835. The Morgan fingerprint density at radius 3 is 2.76 bits per heavy atom. The number of aromatic nitrogens is 5. The van der Waals surface area contributed by atoms with E-state index in [-0.39, 0.29) is 5.82 Å². The monoisotopic (exact) mass is 354 g/mol. The van der Waals surface area contributed by atoms with Crippen LogP contribution in [-0.4, -0.2) is 29.9 Å².